The summed E-state index contributed by atoms with van der Waals surface area (Å²) in [6.07, 6.45) is 1.82. The van der Waals surface area contributed by atoms with Crippen LogP contribution in [0, 0.1) is 3.57 Å². The first-order valence-electron chi connectivity index (χ1n) is 5.58. The highest BCUT2D eigenvalue weighted by Gasteiger charge is 2.38. The number of hydrazine groups is 1. The summed E-state index contributed by atoms with van der Waals surface area (Å²) in [5, 5.41) is 0. The minimum Gasteiger partial charge on any atom is -0.271 e. The van der Waals surface area contributed by atoms with Gasteiger partial charge < -0.3 is 0 Å². The van der Waals surface area contributed by atoms with Gasteiger partial charge in [0.15, 0.2) is 9.84 Å². The Kier molecular flexibility index (Phi) is 5.16. The van der Waals surface area contributed by atoms with Crippen molar-refractivity contribution in [2.75, 3.05) is 6.26 Å². The van der Waals surface area contributed by atoms with E-state index >= 15 is 0 Å². The summed E-state index contributed by atoms with van der Waals surface area (Å²) in [6.45, 7) is 3.39. The Morgan fingerprint density at radius 1 is 1.33 bits per heavy atom. The largest absolute Gasteiger partial charge is 0.271 e. The molecule has 1 aromatic rings. The number of hydrogen-bond acceptors (Lipinski definition) is 4. The summed E-state index contributed by atoms with van der Waals surface area (Å²) in [7, 11) is -3.19. The quantitative estimate of drug-likeness (QED) is 0.460. The number of nitrogens with two attached hydrogens (primary N) is 1. The van der Waals surface area contributed by atoms with Crippen LogP contribution in [0.2, 0.25) is 0 Å². The van der Waals surface area contributed by atoms with Crippen LogP contribution < -0.4 is 11.3 Å². The Bertz CT molecular complexity index is 497. The van der Waals surface area contributed by atoms with E-state index in [9.17, 15) is 8.42 Å². The van der Waals surface area contributed by atoms with Crippen LogP contribution in [0.5, 0.6) is 0 Å². The van der Waals surface area contributed by atoms with Crippen LogP contribution in [-0.2, 0) is 16.3 Å². The van der Waals surface area contributed by atoms with Crippen molar-refractivity contribution >= 4 is 32.4 Å². The molecule has 0 saturated carbocycles. The predicted octanol–water partition coefficient (Wildman–Crippen LogP) is 1.49. The summed E-state index contributed by atoms with van der Waals surface area (Å²) in [6, 6.07) is 7.65. The van der Waals surface area contributed by atoms with E-state index in [1.807, 2.05) is 24.3 Å². The Balaban J connectivity index is 2.95. The molecule has 1 aromatic carbocycles. The molecular formula is C12H19IN2O2S. The fraction of sp³-hybridized carbons (Fsp3) is 0.500. The average molecular weight is 382 g/mol. The zero-order valence-corrected chi connectivity index (χ0v) is 13.7. The zero-order chi connectivity index (χ0) is 14.0. The topological polar surface area (TPSA) is 72.2 Å². The molecule has 1 rings (SSSR count). The maximum atomic E-state index is 11.8. The van der Waals surface area contributed by atoms with Gasteiger partial charge in [-0.2, -0.15) is 0 Å². The summed E-state index contributed by atoms with van der Waals surface area (Å²) in [5.41, 5.74) is 3.70. The number of hydrogen-bond donors (Lipinski definition) is 2. The minimum atomic E-state index is -3.19. The average Bonchev–Trinajstić information content (AvgIpc) is 2.26. The second kappa shape index (κ2) is 5.85. The third-order valence-electron chi connectivity index (χ3n) is 3.35. The van der Waals surface area contributed by atoms with Crippen LogP contribution in [0.1, 0.15) is 19.4 Å². The van der Waals surface area contributed by atoms with E-state index in [0.717, 1.165) is 9.13 Å². The smallest absolute Gasteiger partial charge is 0.154 e. The molecule has 0 heterocycles. The van der Waals surface area contributed by atoms with Crippen LogP contribution in [0.25, 0.3) is 0 Å². The van der Waals surface area contributed by atoms with E-state index in [1.165, 1.54) is 6.26 Å². The minimum absolute atomic E-state index is 0.326. The monoisotopic (exact) mass is 382 g/mol. The first-order valence-corrected chi connectivity index (χ1v) is 8.55. The van der Waals surface area contributed by atoms with Gasteiger partial charge in [0.2, 0.25) is 0 Å². The van der Waals surface area contributed by atoms with Crippen molar-refractivity contribution in [1.82, 2.24) is 5.43 Å². The van der Waals surface area contributed by atoms with Crippen molar-refractivity contribution in [2.24, 2.45) is 5.84 Å². The van der Waals surface area contributed by atoms with Gasteiger partial charge in [0.1, 0.15) is 0 Å². The third kappa shape index (κ3) is 3.66. The van der Waals surface area contributed by atoms with Gasteiger partial charge in [-0.15, -0.1) is 0 Å². The number of halogens is 1. The number of rotatable bonds is 5. The van der Waals surface area contributed by atoms with Crippen molar-refractivity contribution in [3.8, 4) is 0 Å². The lowest BCUT2D eigenvalue weighted by Crippen LogP contribution is -2.55. The molecule has 3 N–H and O–H groups in total. The first-order chi connectivity index (χ1) is 8.18. The maximum Gasteiger partial charge on any atom is 0.154 e. The first kappa shape index (κ1) is 15.9. The van der Waals surface area contributed by atoms with Crippen LogP contribution in [-0.4, -0.2) is 25.5 Å². The maximum absolute atomic E-state index is 11.8. The lowest BCUT2D eigenvalue weighted by atomic mass is 9.96. The SMILES string of the molecule is CC(C)(C(Cc1ccc(I)cc1)NN)S(C)(=O)=O. The molecule has 1 unspecified atom stereocenters. The Morgan fingerprint density at radius 3 is 2.22 bits per heavy atom. The fourth-order valence-electron chi connectivity index (χ4n) is 1.62. The van der Waals surface area contributed by atoms with E-state index < -0.39 is 14.6 Å². The fourth-order valence-corrected chi connectivity index (χ4v) is 2.65. The molecule has 18 heavy (non-hydrogen) atoms. The number of benzene rings is 1. The molecule has 102 valence electrons. The van der Waals surface area contributed by atoms with Gasteiger partial charge in [-0.3, -0.25) is 11.3 Å². The normalized spacial score (nSPS) is 14.5. The van der Waals surface area contributed by atoms with Crippen LogP contribution >= 0.6 is 22.6 Å². The Morgan fingerprint density at radius 2 is 1.83 bits per heavy atom. The molecule has 0 amide bonds. The lowest BCUT2D eigenvalue weighted by molar-refractivity contribution is 0.413. The zero-order valence-electron chi connectivity index (χ0n) is 10.8. The van der Waals surface area contributed by atoms with Crippen LogP contribution in [0.3, 0.4) is 0 Å². The Hall–Kier alpha value is -0.180. The van der Waals surface area contributed by atoms with Crippen molar-refractivity contribution in [3.63, 3.8) is 0 Å². The molecule has 6 heteroatoms. The molecule has 1 atom stereocenters. The second-order valence-electron chi connectivity index (χ2n) is 4.93. The molecule has 0 aliphatic rings. The van der Waals surface area contributed by atoms with Crippen molar-refractivity contribution in [2.45, 2.75) is 31.1 Å². The molecule has 0 fully saturated rings. The molecule has 0 radical (unpaired) electrons. The van der Waals surface area contributed by atoms with Crippen molar-refractivity contribution in [3.05, 3.63) is 33.4 Å². The van der Waals surface area contributed by atoms with Gasteiger partial charge in [-0.25, -0.2) is 8.42 Å². The predicted molar refractivity (Wildman–Crippen MR) is 82.9 cm³/mol. The van der Waals surface area contributed by atoms with Crippen LogP contribution in [0.15, 0.2) is 24.3 Å². The van der Waals surface area contributed by atoms with Gasteiger partial charge in [0.25, 0.3) is 0 Å². The van der Waals surface area contributed by atoms with E-state index in [-0.39, 0.29) is 6.04 Å². The van der Waals surface area contributed by atoms with E-state index in [0.29, 0.717) is 6.42 Å². The second-order valence-corrected chi connectivity index (χ2v) is 8.77. The van der Waals surface area contributed by atoms with Gasteiger partial charge in [0.05, 0.1) is 4.75 Å². The van der Waals surface area contributed by atoms with Crippen molar-refractivity contribution in [1.29, 1.82) is 0 Å². The summed E-state index contributed by atoms with van der Waals surface area (Å²) in [4.78, 5) is 0. The van der Waals surface area contributed by atoms with E-state index in [1.54, 1.807) is 13.8 Å². The van der Waals surface area contributed by atoms with Crippen molar-refractivity contribution < 1.29 is 8.42 Å². The number of nitrogens with one attached hydrogen (secondary N) is 1. The van der Waals surface area contributed by atoms with E-state index in [4.69, 9.17) is 5.84 Å². The lowest BCUT2D eigenvalue weighted by Gasteiger charge is -2.32. The molecule has 0 saturated heterocycles. The summed E-state index contributed by atoms with van der Waals surface area (Å²) in [5.74, 6) is 5.52. The van der Waals surface area contributed by atoms with Gasteiger partial charge >= 0.3 is 0 Å². The van der Waals surface area contributed by atoms with Gasteiger partial charge in [-0.05, 0) is 60.6 Å². The Labute approximate surface area is 122 Å². The highest BCUT2D eigenvalue weighted by atomic mass is 127. The standard InChI is InChI=1S/C12H19IN2O2S/c1-12(2,18(3,16)17)11(15-14)8-9-4-6-10(13)7-5-9/h4-7,11,15H,8,14H2,1-3H3. The molecule has 0 aromatic heterocycles. The third-order valence-corrected chi connectivity index (χ3v) is 6.26. The molecule has 0 aliphatic carbocycles. The number of sulfone groups is 1. The molecular weight excluding hydrogens is 363 g/mol. The molecule has 4 nitrogen and oxygen atoms in total. The molecule has 0 spiro atoms. The van der Waals surface area contributed by atoms with Crippen LogP contribution in [0.4, 0.5) is 0 Å². The van der Waals surface area contributed by atoms with Gasteiger partial charge in [-0.1, -0.05) is 12.1 Å². The summed E-state index contributed by atoms with van der Waals surface area (Å²) >= 11 is 2.23. The molecule has 0 bridgehead atoms. The van der Waals surface area contributed by atoms with E-state index in [2.05, 4.69) is 28.0 Å². The summed E-state index contributed by atoms with van der Waals surface area (Å²) < 4.78 is 23.8. The highest BCUT2D eigenvalue weighted by Crippen LogP contribution is 2.23. The molecule has 0 aliphatic heterocycles. The highest BCUT2D eigenvalue weighted by molar-refractivity contribution is 14.1. The van der Waals surface area contributed by atoms with Gasteiger partial charge in [0, 0.05) is 15.9 Å².